The van der Waals surface area contributed by atoms with Crippen molar-refractivity contribution >= 4 is 11.8 Å². The van der Waals surface area contributed by atoms with Gasteiger partial charge in [0.25, 0.3) is 0 Å². The van der Waals surface area contributed by atoms with E-state index < -0.39 is 0 Å². The number of carbonyl (C=O) groups excluding carboxylic acids is 2. The molecule has 0 bridgehead atoms. The van der Waals surface area contributed by atoms with Crippen LogP contribution in [0.3, 0.4) is 0 Å². The van der Waals surface area contributed by atoms with Gasteiger partial charge in [0, 0.05) is 31.4 Å². The van der Waals surface area contributed by atoms with Crippen LogP contribution in [0.4, 0.5) is 0 Å². The molecule has 2 rings (SSSR count). The molecule has 0 aliphatic carbocycles. The highest BCUT2D eigenvalue weighted by atomic mass is 16.3. The Morgan fingerprint density at radius 2 is 1.93 bits per heavy atom. The van der Waals surface area contributed by atoms with Crippen LogP contribution in [-0.2, 0) is 29.7 Å². The normalized spacial score (nSPS) is 11.0. The van der Waals surface area contributed by atoms with Crippen molar-refractivity contribution in [2.45, 2.75) is 46.7 Å². The van der Waals surface area contributed by atoms with Gasteiger partial charge in [-0.05, 0) is 30.7 Å². The van der Waals surface area contributed by atoms with Crippen LogP contribution in [0.1, 0.15) is 45.1 Å². The summed E-state index contributed by atoms with van der Waals surface area (Å²) in [7, 11) is 1.96. The largest absolute Gasteiger partial charge is 0.467 e. The van der Waals surface area contributed by atoms with Gasteiger partial charge in [-0.3, -0.25) is 9.59 Å². The lowest BCUT2D eigenvalue weighted by Gasteiger charge is -2.28. The predicted octanol–water partition coefficient (Wildman–Crippen LogP) is 3.43. The van der Waals surface area contributed by atoms with E-state index in [1.54, 1.807) is 16.1 Å². The molecule has 148 valence electrons. The molecule has 2 heterocycles. The molecule has 0 N–H and O–H groups in total. The molecular weight excluding hydrogens is 342 g/mol. The van der Waals surface area contributed by atoms with Crippen molar-refractivity contribution in [3.05, 3.63) is 48.2 Å². The molecule has 0 saturated carbocycles. The second kappa shape index (κ2) is 10.00. The van der Waals surface area contributed by atoms with Gasteiger partial charge in [-0.15, -0.1) is 0 Å². The van der Waals surface area contributed by atoms with E-state index in [1.807, 2.05) is 55.9 Å². The first-order valence-corrected chi connectivity index (χ1v) is 9.61. The van der Waals surface area contributed by atoms with Gasteiger partial charge in [0.15, 0.2) is 0 Å². The van der Waals surface area contributed by atoms with Crippen molar-refractivity contribution in [3.8, 4) is 0 Å². The van der Waals surface area contributed by atoms with Gasteiger partial charge in [-0.2, -0.15) is 0 Å². The summed E-state index contributed by atoms with van der Waals surface area (Å²) < 4.78 is 7.43. The number of furan rings is 1. The van der Waals surface area contributed by atoms with Crippen molar-refractivity contribution in [3.63, 3.8) is 0 Å². The lowest BCUT2D eigenvalue weighted by molar-refractivity contribution is -0.143. The maximum Gasteiger partial charge on any atom is 0.242 e. The van der Waals surface area contributed by atoms with Crippen molar-refractivity contribution < 1.29 is 14.0 Å². The SMILES string of the molecule is CCCCN(CC(=O)N(Cc1ccco1)Cc1cccn1C)C(=O)C(C)C. The summed E-state index contributed by atoms with van der Waals surface area (Å²) in [6.45, 7) is 7.39. The molecule has 0 atom stereocenters. The van der Waals surface area contributed by atoms with E-state index in [0.29, 0.717) is 19.6 Å². The molecular formula is C21H31N3O3. The minimum Gasteiger partial charge on any atom is -0.467 e. The van der Waals surface area contributed by atoms with E-state index in [4.69, 9.17) is 4.42 Å². The Bertz CT molecular complexity index is 719. The quantitative estimate of drug-likeness (QED) is 0.641. The molecule has 6 heteroatoms. The Labute approximate surface area is 161 Å². The molecule has 2 aromatic heterocycles. The van der Waals surface area contributed by atoms with Crippen LogP contribution in [0, 0.1) is 5.92 Å². The standard InChI is InChI=1S/C21H31N3O3/c1-5-6-12-23(21(26)17(2)3)16-20(25)24(15-19-10-8-13-27-19)14-18-9-7-11-22(18)4/h7-11,13,17H,5-6,12,14-16H2,1-4H3. The second-order valence-electron chi connectivity index (χ2n) is 7.21. The zero-order valence-electron chi connectivity index (χ0n) is 16.9. The lowest BCUT2D eigenvalue weighted by Crippen LogP contribution is -2.44. The summed E-state index contributed by atoms with van der Waals surface area (Å²) in [4.78, 5) is 29.1. The minimum absolute atomic E-state index is 0.0219. The summed E-state index contributed by atoms with van der Waals surface area (Å²) >= 11 is 0. The molecule has 2 amide bonds. The first-order valence-electron chi connectivity index (χ1n) is 9.61. The Morgan fingerprint density at radius 1 is 1.15 bits per heavy atom. The fourth-order valence-electron chi connectivity index (χ4n) is 2.92. The fourth-order valence-corrected chi connectivity index (χ4v) is 2.92. The van der Waals surface area contributed by atoms with Crippen LogP contribution < -0.4 is 0 Å². The summed E-state index contributed by atoms with van der Waals surface area (Å²) in [5.74, 6) is 0.556. The molecule has 0 spiro atoms. The predicted molar refractivity (Wildman–Crippen MR) is 105 cm³/mol. The summed E-state index contributed by atoms with van der Waals surface area (Å²) in [6.07, 6.45) is 5.44. The summed E-state index contributed by atoms with van der Waals surface area (Å²) in [5, 5.41) is 0. The van der Waals surface area contributed by atoms with Gasteiger partial charge in [0.2, 0.25) is 11.8 Å². The van der Waals surface area contributed by atoms with Crippen LogP contribution in [0.5, 0.6) is 0 Å². The van der Waals surface area contributed by atoms with Crippen molar-refractivity contribution in [2.24, 2.45) is 13.0 Å². The topological polar surface area (TPSA) is 58.7 Å². The van der Waals surface area contributed by atoms with Gasteiger partial charge in [-0.25, -0.2) is 0 Å². The van der Waals surface area contributed by atoms with Gasteiger partial charge in [0.1, 0.15) is 5.76 Å². The number of unbranched alkanes of at least 4 members (excludes halogenated alkanes) is 1. The highest BCUT2D eigenvalue weighted by Crippen LogP contribution is 2.13. The van der Waals surface area contributed by atoms with Crippen molar-refractivity contribution in [1.29, 1.82) is 0 Å². The monoisotopic (exact) mass is 373 g/mol. The summed E-state index contributed by atoms with van der Waals surface area (Å²) in [6, 6.07) is 7.63. The number of hydrogen-bond acceptors (Lipinski definition) is 3. The van der Waals surface area contributed by atoms with E-state index in [2.05, 4.69) is 6.92 Å². The molecule has 6 nitrogen and oxygen atoms in total. The molecule has 0 aromatic carbocycles. The van der Waals surface area contributed by atoms with Crippen LogP contribution in [-0.4, -0.2) is 39.3 Å². The number of carbonyl (C=O) groups is 2. The third-order valence-electron chi connectivity index (χ3n) is 4.60. The highest BCUT2D eigenvalue weighted by Gasteiger charge is 2.24. The molecule has 0 fully saturated rings. The zero-order chi connectivity index (χ0) is 19.8. The highest BCUT2D eigenvalue weighted by molar-refractivity contribution is 5.85. The van der Waals surface area contributed by atoms with Gasteiger partial charge < -0.3 is 18.8 Å². The Balaban J connectivity index is 2.14. The third-order valence-corrected chi connectivity index (χ3v) is 4.60. The van der Waals surface area contributed by atoms with Gasteiger partial charge >= 0.3 is 0 Å². The van der Waals surface area contributed by atoms with Gasteiger partial charge in [-0.1, -0.05) is 27.2 Å². The first-order chi connectivity index (χ1) is 12.9. The van der Waals surface area contributed by atoms with E-state index >= 15 is 0 Å². The smallest absolute Gasteiger partial charge is 0.242 e. The van der Waals surface area contributed by atoms with Crippen molar-refractivity contribution in [2.75, 3.05) is 13.1 Å². The lowest BCUT2D eigenvalue weighted by atomic mass is 10.1. The van der Waals surface area contributed by atoms with Crippen LogP contribution in [0.25, 0.3) is 0 Å². The molecule has 0 aliphatic rings. The minimum atomic E-state index is -0.124. The van der Waals surface area contributed by atoms with E-state index in [-0.39, 0.29) is 24.3 Å². The molecule has 0 saturated heterocycles. The average Bonchev–Trinajstić information content (AvgIpc) is 3.29. The maximum absolute atomic E-state index is 13.1. The number of hydrogen-bond donors (Lipinski definition) is 0. The zero-order valence-corrected chi connectivity index (χ0v) is 16.9. The first kappa shape index (κ1) is 20.8. The number of nitrogens with zero attached hydrogens (tertiary/aromatic N) is 3. The summed E-state index contributed by atoms with van der Waals surface area (Å²) in [5.41, 5.74) is 1.03. The average molecular weight is 373 g/mol. The maximum atomic E-state index is 13.1. The van der Waals surface area contributed by atoms with E-state index in [9.17, 15) is 9.59 Å². The molecule has 27 heavy (non-hydrogen) atoms. The number of amides is 2. The molecule has 0 aliphatic heterocycles. The van der Waals surface area contributed by atoms with Crippen LogP contribution >= 0.6 is 0 Å². The Morgan fingerprint density at radius 3 is 2.48 bits per heavy atom. The fraction of sp³-hybridized carbons (Fsp3) is 0.524. The van der Waals surface area contributed by atoms with Gasteiger partial charge in [0.05, 0.1) is 25.9 Å². The van der Waals surface area contributed by atoms with E-state index in [1.165, 1.54) is 0 Å². The Hall–Kier alpha value is -2.50. The van der Waals surface area contributed by atoms with Crippen LogP contribution in [0.2, 0.25) is 0 Å². The molecule has 0 unspecified atom stereocenters. The second-order valence-corrected chi connectivity index (χ2v) is 7.21. The molecule has 0 radical (unpaired) electrons. The number of aromatic nitrogens is 1. The number of rotatable bonds is 10. The Kier molecular flexibility index (Phi) is 7.70. The van der Waals surface area contributed by atoms with Crippen molar-refractivity contribution in [1.82, 2.24) is 14.4 Å². The van der Waals surface area contributed by atoms with Crippen LogP contribution in [0.15, 0.2) is 41.1 Å². The third kappa shape index (κ3) is 6.01. The number of aryl methyl sites for hydroxylation is 1. The van der Waals surface area contributed by atoms with E-state index in [0.717, 1.165) is 24.3 Å². The molecule has 2 aromatic rings.